The molecule has 0 atom stereocenters. The molecule has 1 aromatic carbocycles. The fraction of sp³-hybridized carbons (Fsp3) is 0.412. The van der Waals surface area contributed by atoms with E-state index in [9.17, 15) is 14.7 Å². The number of carbonyl (C=O) groups excluding carboxylic acids is 1. The highest BCUT2D eigenvalue weighted by Gasteiger charge is 2.14. The fourth-order valence-corrected chi connectivity index (χ4v) is 2.47. The van der Waals surface area contributed by atoms with Crippen molar-refractivity contribution in [3.05, 3.63) is 27.9 Å². The number of hydrogen-bond donors (Lipinski definition) is 2. The highest BCUT2D eigenvalue weighted by Crippen LogP contribution is 2.37. The second-order valence-electron chi connectivity index (χ2n) is 5.01. The van der Waals surface area contributed by atoms with Crippen molar-refractivity contribution >= 4 is 33.9 Å². The number of benzene rings is 1. The van der Waals surface area contributed by atoms with Crippen LogP contribution in [0.15, 0.2) is 22.3 Å². The minimum atomic E-state index is -1.22. The molecule has 0 heterocycles. The Morgan fingerprint density at radius 3 is 2.54 bits per heavy atom. The number of carboxylic acid groups (broad SMARTS) is 1. The van der Waals surface area contributed by atoms with Crippen LogP contribution >= 0.6 is 15.9 Å². The Kier molecular flexibility index (Phi) is 8.32. The highest BCUT2D eigenvalue weighted by molar-refractivity contribution is 9.10. The van der Waals surface area contributed by atoms with E-state index in [1.807, 2.05) is 6.92 Å². The molecule has 0 aromatic heterocycles. The second-order valence-corrected chi connectivity index (χ2v) is 5.86. The van der Waals surface area contributed by atoms with Crippen LogP contribution in [0.1, 0.15) is 39.2 Å². The first-order chi connectivity index (χ1) is 11.4. The van der Waals surface area contributed by atoms with Gasteiger partial charge in [-0.05, 0) is 53.0 Å². The Morgan fingerprint density at radius 2 is 2.00 bits per heavy atom. The predicted octanol–water partition coefficient (Wildman–Crippen LogP) is 3.59. The molecule has 1 amide bonds. The molecule has 0 bridgehead atoms. The Hall–Kier alpha value is -2.02. The summed E-state index contributed by atoms with van der Waals surface area (Å²) in [7, 11) is 0. The monoisotopic (exact) mass is 399 g/mol. The lowest BCUT2D eigenvalue weighted by Gasteiger charge is -2.15. The molecule has 2 N–H and O–H groups in total. The Bertz CT molecular complexity index is 628. The molecule has 1 aromatic rings. The maximum Gasteiger partial charge on any atom is 0.352 e. The van der Waals surface area contributed by atoms with Gasteiger partial charge in [-0.3, -0.25) is 4.79 Å². The van der Waals surface area contributed by atoms with Gasteiger partial charge in [0, 0.05) is 6.92 Å². The number of halogens is 1. The van der Waals surface area contributed by atoms with E-state index in [4.69, 9.17) is 9.47 Å². The van der Waals surface area contributed by atoms with Gasteiger partial charge >= 0.3 is 5.97 Å². The van der Waals surface area contributed by atoms with E-state index in [1.54, 1.807) is 12.1 Å². The third kappa shape index (κ3) is 6.23. The molecular formula is C17H22BrNO5. The summed E-state index contributed by atoms with van der Waals surface area (Å²) >= 11 is 3.43. The molecule has 0 spiro atoms. The molecule has 132 valence electrons. The summed E-state index contributed by atoms with van der Waals surface area (Å²) in [6, 6.07) is 3.40. The van der Waals surface area contributed by atoms with E-state index in [0.717, 1.165) is 12.8 Å². The Morgan fingerprint density at radius 1 is 1.29 bits per heavy atom. The molecule has 0 aliphatic carbocycles. The standard InChI is InChI=1S/C17H22BrNO5/c1-4-6-7-24-16-13(18)8-12(10-15(16)23-5-2)9-14(17(21)22)19-11(3)20/h8-10H,4-7H2,1-3H3,(H,19,20)(H,21,22)/b14-9+. The summed E-state index contributed by atoms with van der Waals surface area (Å²) < 4.78 is 12.0. The third-order valence-electron chi connectivity index (χ3n) is 2.93. The van der Waals surface area contributed by atoms with Gasteiger partial charge in [0.2, 0.25) is 5.91 Å². The van der Waals surface area contributed by atoms with E-state index < -0.39 is 11.9 Å². The van der Waals surface area contributed by atoms with Gasteiger partial charge in [-0.2, -0.15) is 0 Å². The van der Waals surface area contributed by atoms with Crippen molar-refractivity contribution in [2.24, 2.45) is 0 Å². The van der Waals surface area contributed by atoms with E-state index in [-0.39, 0.29) is 5.70 Å². The minimum Gasteiger partial charge on any atom is -0.490 e. The van der Waals surface area contributed by atoms with E-state index in [1.165, 1.54) is 13.0 Å². The van der Waals surface area contributed by atoms with Crippen LogP contribution in [0.25, 0.3) is 6.08 Å². The lowest BCUT2D eigenvalue weighted by molar-refractivity contribution is -0.134. The number of carbonyl (C=O) groups is 2. The third-order valence-corrected chi connectivity index (χ3v) is 3.52. The number of amides is 1. The molecule has 0 aliphatic heterocycles. The van der Waals surface area contributed by atoms with Crippen molar-refractivity contribution in [3.63, 3.8) is 0 Å². The zero-order valence-electron chi connectivity index (χ0n) is 14.0. The average Bonchev–Trinajstić information content (AvgIpc) is 2.49. The normalized spacial score (nSPS) is 11.1. The van der Waals surface area contributed by atoms with Gasteiger partial charge in [0.1, 0.15) is 5.70 Å². The van der Waals surface area contributed by atoms with Crippen LogP contribution in [0.3, 0.4) is 0 Å². The summed E-state index contributed by atoms with van der Waals surface area (Å²) in [6.07, 6.45) is 3.30. The maximum absolute atomic E-state index is 11.2. The molecule has 0 fully saturated rings. The van der Waals surface area contributed by atoms with Crippen molar-refractivity contribution in [1.29, 1.82) is 0 Å². The van der Waals surface area contributed by atoms with Crippen molar-refractivity contribution in [2.75, 3.05) is 13.2 Å². The summed E-state index contributed by atoms with van der Waals surface area (Å²) in [6.45, 7) is 6.19. The molecule has 0 unspecified atom stereocenters. The van der Waals surface area contributed by atoms with Gasteiger partial charge in [-0.15, -0.1) is 0 Å². The largest absolute Gasteiger partial charge is 0.490 e. The van der Waals surface area contributed by atoms with Crippen molar-refractivity contribution < 1.29 is 24.2 Å². The summed E-state index contributed by atoms with van der Waals surface area (Å²) in [5.41, 5.74) is 0.357. The van der Waals surface area contributed by atoms with Crippen LogP contribution in [-0.2, 0) is 9.59 Å². The predicted molar refractivity (Wildman–Crippen MR) is 95.1 cm³/mol. The van der Waals surface area contributed by atoms with E-state index in [2.05, 4.69) is 28.2 Å². The number of aliphatic carboxylic acids is 1. The second kappa shape index (κ2) is 9.97. The number of nitrogens with one attached hydrogen (secondary N) is 1. The van der Waals surface area contributed by atoms with Crippen LogP contribution < -0.4 is 14.8 Å². The molecule has 6 nitrogen and oxygen atoms in total. The molecule has 24 heavy (non-hydrogen) atoms. The molecule has 0 radical (unpaired) electrons. The summed E-state index contributed by atoms with van der Waals surface area (Å²) in [5, 5.41) is 11.5. The lowest BCUT2D eigenvalue weighted by atomic mass is 10.1. The van der Waals surface area contributed by atoms with E-state index in [0.29, 0.717) is 34.7 Å². The van der Waals surface area contributed by atoms with Gasteiger partial charge in [0.05, 0.1) is 17.7 Å². The van der Waals surface area contributed by atoms with Crippen LogP contribution in [0.5, 0.6) is 11.5 Å². The number of ether oxygens (including phenoxy) is 2. The fourth-order valence-electron chi connectivity index (χ4n) is 1.90. The van der Waals surface area contributed by atoms with Crippen LogP contribution in [0, 0.1) is 0 Å². The quantitative estimate of drug-likeness (QED) is 0.489. The maximum atomic E-state index is 11.2. The van der Waals surface area contributed by atoms with Crippen molar-refractivity contribution in [2.45, 2.75) is 33.6 Å². The first-order valence-electron chi connectivity index (χ1n) is 7.70. The minimum absolute atomic E-state index is 0.212. The number of rotatable bonds is 9. The van der Waals surface area contributed by atoms with Gasteiger partial charge in [-0.25, -0.2) is 4.79 Å². The smallest absolute Gasteiger partial charge is 0.352 e. The Balaban J connectivity index is 3.20. The lowest BCUT2D eigenvalue weighted by Crippen LogP contribution is -2.24. The van der Waals surface area contributed by atoms with Crippen molar-refractivity contribution in [1.82, 2.24) is 5.32 Å². The van der Waals surface area contributed by atoms with Crippen molar-refractivity contribution in [3.8, 4) is 11.5 Å². The Labute approximate surface area is 150 Å². The van der Waals surface area contributed by atoms with Crippen LogP contribution in [-0.4, -0.2) is 30.2 Å². The molecule has 0 saturated carbocycles. The van der Waals surface area contributed by atoms with Crippen LogP contribution in [0.2, 0.25) is 0 Å². The van der Waals surface area contributed by atoms with Gasteiger partial charge < -0.3 is 19.9 Å². The SMILES string of the molecule is CCCCOc1c(Br)cc(/C=C(/NC(C)=O)C(=O)O)cc1OCC. The molecule has 0 aliphatic rings. The number of unbranched alkanes of at least 4 members (excludes halogenated alkanes) is 1. The summed E-state index contributed by atoms with van der Waals surface area (Å²) in [5.74, 6) is -0.574. The number of carboxylic acids is 1. The van der Waals surface area contributed by atoms with E-state index >= 15 is 0 Å². The van der Waals surface area contributed by atoms with Gasteiger partial charge in [0.25, 0.3) is 0 Å². The average molecular weight is 400 g/mol. The zero-order chi connectivity index (χ0) is 18.1. The zero-order valence-corrected chi connectivity index (χ0v) is 15.6. The highest BCUT2D eigenvalue weighted by atomic mass is 79.9. The number of hydrogen-bond acceptors (Lipinski definition) is 4. The summed E-state index contributed by atoms with van der Waals surface area (Å²) in [4.78, 5) is 22.3. The van der Waals surface area contributed by atoms with Gasteiger partial charge in [0.15, 0.2) is 11.5 Å². The topological polar surface area (TPSA) is 84.9 Å². The molecule has 1 rings (SSSR count). The van der Waals surface area contributed by atoms with Crippen LogP contribution in [0.4, 0.5) is 0 Å². The molecule has 0 saturated heterocycles. The first kappa shape index (κ1) is 20.0. The molecular weight excluding hydrogens is 378 g/mol. The van der Waals surface area contributed by atoms with Gasteiger partial charge in [-0.1, -0.05) is 13.3 Å². The first-order valence-corrected chi connectivity index (χ1v) is 8.50. The molecule has 7 heteroatoms.